The van der Waals surface area contributed by atoms with Crippen molar-refractivity contribution in [2.45, 2.75) is 13.8 Å². The summed E-state index contributed by atoms with van der Waals surface area (Å²) in [4.78, 5) is 17.0. The summed E-state index contributed by atoms with van der Waals surface area (Å²) < 4.78 is 10.5. The van der Waals surface area contributed by atoms with Crippen LogP contribution in [0.4, 0.5) is 0 Å². The van der Waals surface area contributed by atoms with Gasteiger partial charge in [-0.1, -0.05) is 6.07 Å². The maximum absolute atomic E-state index is 12.7. The van der Waals surface area contributed by atoms with E-state index in [0.29, 0.717) is 22.6 Å². The second kappa shape index (κ2) is 5.74. The van der Waals surface area contributed by atoms with E-state index in [1.54, 1.807) is 30.3 Å². The smallest absolute Gasteiger partial charge is 0.200 e. The van der Waals surface area contributed by atoms with Crippen molar-refractivity contribution in [3.63, 3.8) is 0 Å². The molecule has 0 unspecified atom stereocenters. The van der Waals surface area contributed by atoms with Crippen LogP contribution in [0.2, 0.25) is 0 Å². The fourth-order valence-corrected chi connectivity index (χ4v) is 2.18. The van der Waals surface area contributed by atoms with E-state index < -0.39 is 0 Å². The highest BCUT2D eigenvalue weighted by molar-refractivity contribution is 6.12. The maximum atomic E-state index is 12.7. The van der Waals surface area contributed by atoms with E-state index in [0.717, 1.165) is 11.4 Å². The first-order chi connectivity index (χ1) is 9.56. The summed E-state index contributed by atoms with van der Waals surface area (Å²) in [7, 11) is 3.07. The molecule has 0 saturated heterocycles. The van der Waals surface area contributed by atoms with E-state index in [2.05, 4.69) is 4.98 Å². The van der Waals surface area contributed by atoms with E-state index in [4.69, 9.17) is 9.47 Å². The Morgan fingerprint density at radius 3 is 1.95 bits per heavy atom. The Balaban J connectivity index is 2.58. The van der Waals surface area contributed by atoms with E-state index >= 15 is 0 Å². The molecule has 0 fully saturated rings. The van der Waals surface area contributed by atoms with Gasteiger partial charge in [0.2, 0.25) is 5.78 Å². The Hall–Kier alpha value is -2.36. The Bertz CT molecular complexity index is 608. The minimum Gasteiger partial charge on any atom is -0.496 e. The molecule has 4 nitrogen and oxygen atoms in total. The highest BCUT2D eigenvalue weighted by Gasteiger charge is 2.20. The molecule has 20 heavy (non-hydrogen) atoms. The standard InChI is InChI=1S/C16H17NO3/c1-10-8-12(9-11(2)17-10)16(18)15-13(19-3)6-5-7-14(15)20-4/h5-9H,1-4H3. The molecule has 0 spiro atoms. The molecule has 1 aromatic heterocycles. The van der Waals surface area contributed by atoms with Gasteiger partial charge in [-0.3, -0.25) is 9.78 Å². The van der Waals surface area contributed by atoms with Gasteiger partial charge in [-0.05, 0) is 38.1 Å². The number of hydrogen-bond donors (Lipinski definition) is 0. The third kappa shape index (κ3) is 2.64. The molecular formula is C16H17NO3. The van der Waals surface area contributed by atoms with Crippen LogP contribution in [0.15, 0.2) is 30.3 Å². The number of nitrogens with zero attached hydrogens (tertiary/aromatic N) is 1. The lowest BCUT2D eigenvalue weighted by Gasteiger charge is -2.12. The monoisotopic (exact) mass is 271 g/mol. The normalized spacial score (nSPS) is 10.2. The molecule has 2 rings (SSSR count). The van der Waals surface area contributed by atoms with Gasteiger partial charge in [-0.2, -0.15) is 0 Å². The van der Waals surface area contributed by atoms with Crippen molar-refractivity contribution in [1.82, 2.24) is 4.98 Å². The van der Waals surface area contributed by atoms with Crippen LogP contribution in [-0.2, 0) is 0 Å². The van der Waals surface area contributed by atoms with Crippen molar-refractivity contribution in [2.75, 3.05) is 14.2 Å². The predicted molar refractivity (Wildman–Crippen MR) is 76.7 cm³/mol. The molecule has 0 aliphatic carbocycles. The summed E-state index contributed by atoms with van der Waals surface area (Å²) in [6, 6.07) is 8.81. The minimum absolute atomic E-state index is 0.132. The number of hydrogen-bond acceptors (Lipinski definition) is 4. The van der Waals surface area contributed by atoms with Crippen LogP contribution in [0.25, 0.3) is 0 Å². The van der Waals surface area contributed by atoms with E-state index in [-0.39, 0.29) is 5.78 Å². The zero-order valence-electron chi connectivity index (χ0n) is 12.1. The van der Waals surface area contributed by atoms with Gasteiger partial charge in [-0.25, -0.2) is 0 Å². The number of pyridine rings is 1. The van der Waals surface area contributed by atoms with E-state index in [1.165, 1.54) is 14.2 Å². The summed E-state index contributed by atoms with van der Waals surface area (Å²) in [5, 5.41) is 0. The number of carbonyl (C=O) groups excluding carboxylic acids is 1. The summed E-state index contributed by atoms with van der Waals surface area (Å²) >= 11 is 0. The SMILES string of the molecule is COc1cccc(OC)c1C(=O)c1cc(C)nc(C)c1. The molecule has 0 saturated carbocycles. The Labute approximate surface area is 118 Å². The van der Waals surface area contributed by atoms with Crippen molar-refractivity contribution >= 4 is 5.78 Å². The topological polar surface area (TPSA) is 48.4 Å². The molecule has 0 aliphatic heterocycles. The van der Waals surface area contributed by atoms with Gasteiger partial charge < -0.3 is 9.47 Å². The van der Waals surface area contributed by atoms with Gasteiger partial charge in [0.1, 0.15) is 17.1 Å². The Kier molecular flexibility index (Phi) is 4.03. The summed E-state index contributed by atoms with van der Waals surface area (Å²) in [6.45, 7) is 3.73. The number of ketones is 1. The largest absolute Gasteiger partial charge is 0.496 e. The number of aryl methyl sites for hydroxylation is 2. The molecule has 0 aliphatic rings. The van der Waals surface area contributed by atoms with Gasteiger partial charge in [-0.15, -0.1) is 0 Å². The average molecular weight is 271 g/mol. The zero-order valence-corrected chi connectivity index (χ0v) is 12.1. The number of aromatic nitrogens is 1. The fourth-order valence-electron chi connectivity index (χ4n) is 2.18. The molecule has 1 aromatic carbocycles. The van der Waals surface area contributed by atoms with Crippen molar-refractivity contribution in [2.24, 2.45) is 0 Å². The first-order valence-corrected chi connectivity index (χ1v) is 6.27. The maximum Gasteiger partial charge on any atom is 0.200 e. The van der Waals surface area contributed by atoms with Gasteiger partial charge in [0.05, 0.1) is 14.2 Å². The highest BCUT2D eigenvalue weighted by Crippen LogP contribution is 2.30. The molecule has 0 N–H and O–H groups in total. The van der Waals surface area contributed by atoms with Crippen LogP contribution < -0.4 is 9.47 Å². The first-order valence-electron chi connectivity index (χ1n) is 6.27. The zero-order chi connectivity index (χ0) is 14.7. The minimum atomic E-state index is -0.132. The number of rotatable bonds is 4. The first kappa shape index (κ1) is 14.1. The van der Waals surface area contributed by atoms with Gasteiger partial charge in [0.25, 0.3) is 0 Å². The van der Waals surface area contributed by atoms with Crippen molar-refractivity contribution in [1.29, 1.82) is 0 Å². The third-order valence-electron chi connectivity index (χ3n) is 3.00. The molecule has 0 atom stereocenters. The second-order valence-corrected chi connectivity index (χ2v) is 4.51. The van der Waals surface area contributed by atoms with Crippen LogP contribution in [0, 0.1) is 13.8 Å². The van der Waals surface area contributed by atoms with E-state index in [1.807, 2.05) is 13.8 Å². The summed E-state index contributed by atoms with van der Waals surface area (Å²) in [5.41, 5.74) is 2.63. The molecule has 104 valence electrons. The average Bonchev–Trinajstić information content (AvgIpc) is 2.44. The van der Waals surface area contributed by atoms with Gasteiger partial charge in [0, 0.05) is 17.0 Å². The number of methoxy groups -OCH3 is 2. The van der Waals surface area contributed by atoms with Crippen LogP contribution in [0.3, 0.4) is 0 Å². The van der Waals surface area contributed by atoms with E-state index in [9.17, 15) is 4.79 Å². The van der Waals surface area contributed by atoms with Gasteiger partial charge in [0.15, 0.2) is 0 Å². The lowest BCUT2D eigenvalue weighted by molar-refractivity contribution is 0.103. The van der Waals surface area contributed by atoms with Crippen molar-refractivity contribution in [3.05, 3.63) is 52.8 Å². The predicted octanol–water partition coefficient (Wildman–Crippen LogP) is 2.95. The summed E-state index contributed by atoms with van der Waals surface area (Å²) in [5.74, 6) is 0.871. The fraction of sp³-hybridized carbons (Fsp3) is 0.250. The quantitative estimate of drug-likeness (QED) is 0.802. The van der Waals surface area contributed by atoms with Crippen molar-refractivity contribution < 1.29 is 14.3 Å². The lowest BCUT2D eigenvalue weighted by atomic mass is 10.0. The van der Waals surface area contributed by atoms with Crippen LogP contribution in [0.5, 0.6) is 11.5 Å². The molecule has 2 aromatic rings. The lowest BCUT2D eigenvalue weighted by Crippen LogP contribution is -2.07. The van der Waals surface area contributed by atoms with Crippen LogP contribution >= 0.6 is 0 Å². The molecule has 1 heterocycles. The third-order valence-corrected chi connectivity index (χ3v) is 3.00. The van der Waals surface area contributed by atoms with Crippen LogP contribution in [-0.4, -0.2) is 25.0 Å². The molecular weight excluding hydrogens is 254 g/mol. The molecule has 0 amide bonds. The second-order valence-electron chi connectivity index (χ2n) is 4.51. The molecule has 0 bridgehead atoms. The molecule has 0 radical (unpaired) electrons. The Morgan fingerprint density at radius 1 is 1.00 bits per heavy atom. The number of ether oxygens (including phenoxy) is 2. The Morgan fingerprint density at radius 2 is 1.50 bits per heavy atom. The highest BCUT2D eigenvalue weighted by atomic mass is 16.5. The summed E-state index contributed by atoms with van der Waals surface area (Å²) in [6.07, 6.45) is 0. The number of carbonyl (C=O) groups is 1. The number of benzene rings is 1. The molecule has 4 heteroatoms. The van der Waals surface area contributed by atoms with Crippen LogP contribution in [0.1, 0.15) is 27.3 Å². The van der Waals surface area contributed by atoms with Gasteiger partial charge >= 0.3 is 0 Å². The van der Waals surface area contributed by atoms with Crippen molar-refractivity contribution in [3.8, 4) is 11.5 Å².